The number of hydrogen-bond donors (Lipinski definition) is 0. The molecule has 0 aromatic heterocycles. The molecule has 1 aliphatic rings. The topological polar surface area (TPSA) is 41.9 Å². The van der Waals surface area contributed by atoms with Gasteiger partial charge in [0.1, 0.15) is 11.6 Å². The molecule has 4 nitrogen and oxygen atoms in total. The largest absolute Gasteiger partial charge is 0.480 e. The van der Waals surface area contributed by atoms with Gasteiger partial charge in [0.25, 0.3) is 5.91 Å². The number of rotatable bonds is 5. The Bertz CT molecular complexity index is 597. The van der Waals surface area contributed by atoms with Crippen LogP contribution in [0.4, 0.5) is 0 Å². The van der Waals surface area contributed by atoms with Gasteiger partial charge in [0.2, 0.25) is 5.90 Å². The number of nitrogens with zero attached hydrogens (tertiary/aromatic N) is 2. The summed E-state index contributed by atoms with van der Waals surface area (Å²) in [6.45, 7) is 12.1. The Morgan fingerprint density at radius 2 is 2.09 bits per heavy atom. The molecule has 124 valence electrons. The van der Waals surface area contributed by atoms with Gasteiger partial charge in [0, 0.05) is 0 Å². The zero-order valence-electron chi connectivity index (χ0n) is 14.5. The van der Waals surface area contributed by atoms with E-state index >= 15 is 0 Å². The van der Waals surface area contributed by atoms with Crippen molar-refractivity contribution in [3.05, 3.63) is 48.6 Å². The first kappa shape index (κ1) is 17.3. The van der Waals surface area contributed by atoms with Crippen molar-refractivity contribution in [2.45, 2.75) is 51.7 Å². The first-order valence-corrected chi connectivity index (χ1v) is 8.15. The Hall–Kier alpha value is -2.10. The van der Waals surface area contributed by atoms with E-state index in [2.05, 4.69) is 11.6 Å². The van der Waals surface area contributed by atoms with E-state index in [1.165, 1.54) is 0 Å². The van der Waals surface area contributed by atoms with E-state index in [0.29, 0.717) is 18.9 Å². The summed E-state index contributed by atoms with van der Waals surface area (Å²) in [5.41, 5.74) is 0.258. The Labute approximate surface area is 138 Å². The van der Waals surface area contributed by atoms with Gasteiger partial charge in [-0.05, 0) is 39.7 Å². The number of benzene rings is 1. The van der Waals surface area contributed by atoms with Crippen LogP contribution < -0.4 is 0 Å². The molecule has 23 heavy (non-hydrogen) atoms. The first-order chi connectivity index (χ1) is 10.9. The highest BCUT2D eigenvalue weighted by Gasteiger charge is 2.45. The first-order valence-electron chi connectivity index (χ1n) is 8.15. The third-order valence-corrected chi connectivity index (χ3v) is 4.36. The summed E-state index contributed by atoms with van der Waals surface area (Å²) in [7, 11) is 0. The zero-order valence-corrected chi connectivity index (χ0v) is 14.5. The molecule has 0 bridgehead atoms. The molecule has 1 aromatic rings. The Kier molecular flexibility index (Phi) is 5.24. The normalized spacial score (nSPS) is 25.7. The van der Waals surface area contributed by atoms with Gasteiger partial charge in [-0.1, -0.05) is 36.4 Å². The fourth-order valence-corrected chi connectivity index (χ4v) is 3.08. The van der Waals surface area contributed by atoms with Crippen LogP contribution in [0.25, 0.3) is 0 Å². The lowest BCUT2D eigenvalue weighted by Crippen LogP contribution is -2.57. The fourth-order valence-electron chi connectivity index (χ4n) is 3.08. The Morgan fingerprint density at radius 1 is 1.43 bits per heavy atom. The maximum atomic E-state index is 13.1. The maximum Gasteiger partial charge on any atom is 0.251 e. The quantitative estimate of drug-likeness (QED) is 0.777. The van der Waals surface area contributed by atoms with E-state index in [9.17, 15) is 4.79 Å². The summed E-state index contributed by atoms with van der Waals surface area (Å²) in [6.07, 6.45) is 2.24. The number of aliphatic imine (C=N–C) groups is 1. The molecule has 3 atom stereocenters. The lowest BCUT2D eigenvalue weighted by atomic mass is 9.91. The van der Waals surface area contributed by atoms with Crippen molar-refractivity contribution < 1.29 is 9.53 Å². The average Bonchev–Trinajstić information content (AvgIpc) is 2.54. The minimum absolute atomic E-state index is 0.0182. The highest BCUT2D eigenvalue weighted by molar-refractivity contribution is 5.98. The molecule has 1 amide bonds. The standard InChI is InChI=1S/C19H26N2O2/c1-6-13-19(5)18(22)21(15(4)17(20-19)23-7-2)14(3)16-11-9-8-10-12-16/h6,8-12,14-15H,1,7,13H2,2-5H3/t14-,15+,19+/m0/s1. The number of ether oxygens (including phenoxy) is 1. The summed E-state index contributed by atoms with van der Waals surface area (Å²) in [5, 5.41) is 0. The lowest BCUT2D eigenvalue weighted by Gasteiger charge is -2.43. The predicted molar refractivity (Wildman–Crippen MR) is 93.4 cm³/mol. The molecule has 0 spiro atoms. The summed E-state index contributed by atoms with van der Waals surface area (Å²) in [6, 6.07) is 9.82. The predicted octanol–water partition coefficient (Wildman–Crippen LogP) is 3.75. The van der Waals surface area contributed by atoms with Gasteiger partial charge < -0.3 is 9.64 Å². The second kappa shape index (κ2) is 6.99. The monoisotopic (exact) mass is 314 g/mol. The van der Waals surface area contributed by atoms with Gasteiger partial charge in [-0.25, -0.2) is 4.99 Å². The van der Waals surface area contributed by atoms with Gasteiger partial charge in [0.15, 0.2) is 0 Å². The minimum Gasteiger partial charge on any atom is -0.480 e. The molecule has 0 N–H and O–H groups in total. The van der Waals surface area contributed by atoms with E-state index in [1.807, 2.05) is 62.9 Å². The summed E-state index contributed by atoms with van der Waals surface area (Å²) in [5.74, 6) is 0.643. The molecule has 1 aliphatic heterocycles. The van der Waals surface area contributed by atoms with Crippen molar-refractivity contribution in [1.29, 1.82) is 0 Å². The molecule has 0 radical (unpaired) electrons. The summed E-state index contributed by atoms with van der Waals surface area (Å²) >= 11 is 0. The highest BCUT2D eigenvalue weighted by Crippen LogP contribution is 2.33. The number of carbonyl (C=O) groups excluding carboxylic acids is 1. The van der Waals surface area contributed by atoms with Crippen LogP contribution in [-0.2, 0) is 9.53 Å². The summed E-state index contributed by atoms with van der Waals surface area (Å²) in [4.78, 5) is 19.6. The SMILES string of the molecule is C=CC[C@@]1(C)N=C(OCC)[C@@H](C)N([C@@H](C)c2ccccc2)C1=O. The van der Waals surface area contributed by atoms with E-state index in [1.54, 1.807) is 6.08 Å². The van der Waals surface area contributed by atoms with Crippen LogP contribution in [0.1, 0.15) is 45.7 Å². The molecule has 1 heterocycles. The van der Waals surface area contributed by atoms with Crippen LogP contribution in [0.3, 0.4) is 0 Å². The molecule has 2 rings (SSSR count). The van der Waals surface area contributed by atoms with Gasteiger partial charge >= 0.3 is 0 Å². The zero-order chi connectivity index (χ0) is 17.0. The van der Waals surface area contributed by atoms with Crippen LogP contribution in [0.15, 0.2) is 48.0 Å². The van der Waals surface area contributed by atoms with E-state index < -0.39 is 5.54 Å². The Balaban J connectivity index is 2.44. The fraction of sp³-hybridized carbons (Fsp3) is 0.474. The second-order valence-corrected chi connectivity index (χ2v) is 6.12. The number of amides is 1. The van der Waals surface area contributed by atoms with Crippen LogP contribution in [0, 0.1) is 0 Å². The molecule has 0 saturated carbocycles. The maximum absolute atomic E-state index is 13.1. The summed E-state index contributed by atoms with van der Waals surface area (Å²) < 4.78 is 5.72. The van der Waals surface area contributed by atoms with Gasteiger partial charge in [0.05, 0.1) is 12.6 Å². The van der Waals surface area contributed by atoms with E-state index in [0.717, 1.165) is 5.56 Å². The average molecular weight is 314 g/mol. The third-order valence-electron chi connectivity index (χ3n) is 4.36. The van der Waals surface area contributed by atoms with Crippen molar-refractivity contribution in [3.63, 3.8) is 0 Å². The molecule has 0 unspecified atom stereocenters. The van der Waals surface area contributed by atoms with Crippen molar-refractivity contribution in [2.75, 3.05) is 6.61 Å². The molecular weight excluding hydrogens is 288 g/mol. The van der Waals surface area contributed by atoms with Crippen LogP contribution in [-0.4, -0.2) is 34.9 Å². The second-order valence-electron chi connectivity index (χ2n) is 6.12. The van der Waals surface area contributed by atoms with E-state index in [-0.39, 0.29) is 18.0 Å². The van der Waals surface area contributed by atoms with Crippen molar-refractivity contribution in [3.8, 4) is 0 Å². The van der Waals surface area contributed by atoms with Crippen LogP contribution in [0.5, 0.6) is 0 Å². The van der Waals surface area contributed by atoms with Gasteiger partial charge in [-0.2, -0.15) is 0 Å². The molecule has 1 aromatic carbocycles. The number of carbonyl (C=O) groups is 1. The van der Waals surface area contributed by atoms with Crippen LogP contribution in [0.2, 0.25) is 0 Å². The molecule has 0 saturated heterocycles. The van der Waals surface area contributed by atoms with Crippen molar-refractivity contribution in [1.82, 2.24) is 4.90 Å². The van der Waals surface area contributed by atoms with Gasteiger partial charge in [-0.3, -0.25) is 4.79 Å². The molecule has 4 heteroatoms. The molecule has 0 fully saturated rings. The smallest absolute Gasteiger partial charge is 0.251 e. The Morgan fingerprint density at radius 3 is 2.65 bits per heavy atom. The van der Waals surface area contributed by atoms with Crippen molar-refractivity contribution >= 4 is 11.8 Å². The van der Waals surface area contributed by atoms with Gasteiger partial charge in [-0.15, -0.1) is 6.58 Å². The third kappa shape index (κ3) is 3.31. The van der Waals surface area contributed by atoms with Crippen molar-refractivity contribution in [2.24, 2.45) is 4.99 Å². The minimum atomic E-state index is -0.845. The molecular formula is C19H26N2O2. The van der Waals surface area contributed by atoms with Crippen LogP contribution >= 0.6 is 0 Å². The van der Waals surface area contributed by atoms with E-state index in [4.69, 9.17) is 4.74 Å². The number of hydrogen-bond acceptors (Lipinski definition) is 3. The highest BCUT2D eigenvalue weighted by atomic mass is 16.5. The lowest BCUT2D eigenvalue weighted by molar-refractivity contribution is -0.141. The molecule has 0 aliphatic carbocycles.